The Balaban J connectivity index is 1.87. The molecule has 1 atom stereocenters. The monoisotopic (exact) mass is 346 g/mol. The van der Waals surface area contributed by atoms with E-state index in [9.17, 15) is 18.4 Å². The van der Waals surface area contributed by atoms with Gasteiger partial charge in [0.1, 0.15) is 24.5 Å². The van der Waals surface area contributed by atoms with Crippen molar-refractivity contribution in [1.29, 1.82) is 0 Å². The fourth-order valence-corrected chi connectivity index (χ4v) is 2.28. The van der Waals surface area contributed by atoms with Crippen LogP contribution in [0.5, 0.6) is 5.75 Å². The summed E-state index contributed by atoms with van der Waals surface area (Å²) in [7, 11) is 0. The van der Waals surface area contributed by atoms with Crippen LogP contribution < -0.4 is 10.3 Å². The number of hydrogen-bond donors (Lipinski definition) is 1. The van der Waals surface area contributed by atoms with Gasteiger partial charge >= 0.3 is 5.97 Å². The molecule has 3 aromatic rings. The fraction of sp³-hybridized carbons (Fsp3) is 0.118. The molecule has 128 valence electrons. The van der Waals surface area contributed by atoms with Crippen LogP contribution in [0.15, 0.2) is 53.6 Å². The first-order chi connectivity index (χ1) is 12.0. The van der Waals surface area contributed by atoms with Gasteiger partial charge in [-0.25, -0.2) is 18.6 Å². The van der Waals surface area contributed by atoms with Gasteiger partial charge in [0.2, 0.25) is 0 Å². The molecular weight excluding hydrogens is 334 g/mol. The molecule has 0 radical (unpaired) electrons. The van der Waals surface area contributed by atoms with Gasteiger partial charge in [-0.2, -0.15) is 0 Å². The first kappa shape index (κ1) is 16.6. The third-order valence-electron chi connectivity index (χ3n) is 3.50. The highest BCUT2D eigenvalue weighted by molar-refractivity contribution is 5.79. The van der Waals surface area contributed by atoms with Crippen LogP contribution in [0.3, 0.4) is 0 Å². The Kier molecular flexibility index (Phi) is 4.42. The molecule has 0 aliphatic carbocycles. The average Bonchev–Trinajstić information content (AvgIpc) is 2.59. The van der Waals surface area contributed by atoms with E-state index >= 15 is 0 Å². The second-order valence-corrected chi connectivity index (χ2v) is 5.23. The van der Waals surface area contributed by atoms with E-state index in [4.69, 9.17) is 9.84 Å². The molecule has 0 amide bonds. The summed E-state index contributed by atoms with van der Waals surface area (Å²) in [5.74, 6) is -1.77. The van der Waals surface area contributed by atoms with Crippen LogP contribution in [-0.2, 0) is 11.4 Å². The maximum absolute atomic E-state index is 13.5. The molecule has 0 spiro atoms. The largest absolute Gasteiger partial charge is 0.489 e. The molecule has 2 aromatic carbocycles. The number of fused-ring (bicyclic) bond motifs is 1. The Morgan fingerprint density at radius 2 is 2.08 bits per heavy atom. The number of rotatable bonds is 5. The van der Waals surface area contributed by atoms with Gasteiger partial charge in [-0.05, 0) is 29.8 Å². The quantitative estimate of drug-likeness (QED) is 0.768. The van der Waals surface area contributed by atoms with Crippen molar-refractivity contribution in [2.24, 2.45) is 0 Å². The molecule has 3 rings (SSSR count). The van der Waals surface area contributed by atoms with Crippen molar-refractivity contribution in [2.45, 2.75) is 12.9 Å². The number of aliphatic carboxylic acids is 1. The summed E-state index contributed by atoms with van der Waals surface area (Å²) >= 11 is 0. The summed E-state index contributed by atoms with van der Waals surface area (Å²) in [5.41, 5.74) is 0.0531. The van der Waals surface area contributed by atoms with Gasteiger partial charge < -0.3 is 9.84 Å². The smallest absolute Gasteiger partial charge is 0.360 e. The van der Waals surface area contributed by atoms with Crippen molar-refractivity contribution in [3.8, 4) is 5.75 Å². The number of ether oxygens (including phenoxy) is 1. The number of carboxylic acid groups (broad SMARTS) is 1. The Bertz CT molecular complexity index is 1000. The number of alkyl halides is 1. The van der Waals surface area contributed by atoms with Gasteiger partial charge in [-0.3, -0.25) is 9.36 Å². The highest BCUT2D eigenvalue weighted by Gasteiger charge is 2.20. The van der Waals surface area contributed by atoms with Gasteiger partial charge in [0.25, 0.3) is 11.9 Å². The standard InChI is InChI=1S/C17H12F2N2O4/c18-11-3-1-2-10(6-11)8-25-12-4-5-13-14(7-12)20-9-21(16(13)22)15(19)17(23)24/h1-7,9,15H,8H2,(H,23,24). The lowest BCUT2D eigenvalue weighted by atomic mass is 10.2. The second-order valence-electron chi connectivity index (χ2n) is 5.23. The van der Waals surface area contributed by atoms with Gasteiger partial charge in [0.05, 0.1) is 10.9 Å². The molecule has 0 bridgehead atoms. The molecule has 1 N–H and O–H groups in total. The number of carboxylic acids is 1. The highest BCUT2D eigenvalue weighted by Crippen LogP contribution is 2.19. The van der Waals surface area contributed by atoms with Crippen molar-refractivity contribution >= 4 is 16.9 Å². The maximum Gasteiger partial charge on any atom is 0.360 e. The zero-order valence-corrected chi connectivity index (χ0v) is 12.7. The molecule has 0 aliphatic heterocycles. The van der Waals surface area contributed by atoms with Crippen LogP contribution in [0, 0.1) is 5.82 Å². The minimum Gasteiger partial charge on any atom is -0.489 e. The molecule has 1 heterocycles. The van der Waals surface area contributed by atoms with Gasteiger partial charge in [-0.15, -0.1) is 0 Å². The van der Waals surface area contributed by atoms with E-state index in [-0.39, 0.29) is 23.3 Å². The summed E-state index contributed by atoms with van der Waals surface area (Å²) in [5, 5.41) is 8.72. The van der Waals surface area contributed by atoms with Crippen molar-refractivity contribution in [3.63, 3.8) is 0 Å². The number of hydrogen-bond acceptors (Lipinski definition) is 4. The van der Waals surface area contributed by atoms with Crippen molar-refractivity contribution in [2.75, 3.05) is 0 Å². The van der Waals surface area contributed by atoms with Crippen LogP contribution in [0.4, 0.5) is 8.78 Å². The topological polar surface area (TPSA) is 81.4 Å². The minimum absolute atomic E-state index is 0.0597. The lowest BCUT2D eigenvalue weighted by molar-refractivity contribution is -0.146. The SMILES string of the molecule is O=C(O)C(F)n1cnc2cc(OCc3cccc(F)c3)ccc2c1=O. The second kappa shape index (κ2) is 6.68. The first-order valence-corrected chi connectivity index (χ1v) is 7.21. The number of halogens is 2. The van der Waals surface area contributed by atoms with Crippen LogP contribution in [0.1, 0.15) is 11.9 Å². The van der Waals surface area contributed by atoms with Crippen molar-refractivity contribution in [3.05, 3.63) is 70.5 Å². The van der Waals surface area contributed by atoms with E-state index < -0.39 is 17.8 Å². The third kappa shape index (κ3) is 3.47. The van der Waals surface area contributed by atoms with Crippen LogP contribution in [0.25, 0.3) is 10.9 Å². The molecule has 1 unspecified atom stereocenters. The van der Waals surface area contributed by atoms with Crippen molar-refractivity contribution in [1.82, 2.24) is 9.55 Å². The molecule has 0 fully saturated rings. The van der Waals surface area contributed by atoms with Gasteiger partial charge in [0.15, 0.2) is 0 Å². The normalized spacial score (nSPS) is 12.1. The summed E-state index contributed by atoms with van der Waals surface area (Å²) < 4.78 is 32.6. The summed E-state index contributed by atoms with van der Waals surface area (Å²) in [6.45, 7) is 0.117. The summed E-state index contributed by atoms with van der Waals surface area (Å²) in [4.78, 5) is 26.7. The van der Waals surface area contributed by atoms with Gasteiger partial charge in [0, 0.05) is 6.07 Å². The molecule has 6 nitrogen and oxygen atoms in total. The van der Waals surface area contributed by atoms with E-state index in [1.165, 1.54) is 30.3 Å². The lowest BCUT2D eigenvalue weighted by Gasteiger charge is -2.10. The summed E-state index contributed by atoms with van der Waals surface area (Å²) in [6.07, 6.45) is -1.67. The van der Waals surface area contributed by atoms with E-state index in [2.05, 4.69) is 4.98 Å². The highest BCUT2D eigenvalue weighted by atomic mass is 19.1. The van der Waals surface area contributed by atoms with Crippen molar-refractivity contribution < 1.29 is 23.4 Å². The molecule has 0 aliphatic rings. The van der Waals surface area contributed by atoms with E-state index in [0.29, 0.717) is 15.9 Å². The Morgan fingerprint density at radius 3 is 2.80 bits per heavy atom. The van der Waals surface area contributed by atoms with Crippen LogP contribution in [0.2, 0.25) is 0 Å². The summed E-state index contributed by atoms with van der Waals surface area (Å²) in [6, 6.07) is 10.2. The predicted octanol–water partition coefficient (Wildman–Crippen LogP) is 2.67. The third-order valence-corrected chi connectivity index (χ3v) is 3.50. The number of nitrogens with zero attached hydrogens (tertiary/aromatic N) is 2. The maximum atomic E-state index is 13.5. The van der Waals surface area contributed by atoms with E-state index in [1.54, 1.807) is 12.1 Å². The van der Waals surface area contributed by atoms with E-state index in [1.807, 2.05) is 0 Å². The zero-order chi connectivity index (χ0) is 18.0. The molecule has 0 saturated heterocycles. The molecule has 8 heteroatoms. The molecular formula is C17H12F2N2O4. The Morgan fingerprint density at radius 1 is 1.28 bits per heavy atom. The Hall–Kier alpha value is -3.29. The fourth-order valence-electron chi connectivity index (χ4n) is 2.28. The molecule has 1 aromatic heterocycles. The zero-order valence-electron chi connectivity index (χ0n) is 12.7. The number of aromatic nitrogens is 2. The predicted molar refractivity (Wildman–Crippen MR) is 84.5 cm³/mol. The lowest BCUT2D eigenvalue weighted by Crippen LogP contribution is -2.27. The van der Waals surface area contributed by atoms with E-state index in [0.717, 1.165) is 6.33 Å². The Labute approximate surface area is 139 Å². The molecule has 0 saturated carbocycles. The van der Waals surface area contributed by atoms with Crippen LogP contribution >= 0.6 is 0 Å². The minimum atomic E-state index is -2.51. The van der Waals surface area contributed by atoms with Gasteiger partial charge in [-0.1, -0.05) is 12.1 Å². The molecule has 25 heavy (non-hydrogen) atoms. The average molecular weight is 346 g/mol. The van der Waals surface area contributed by atoms with Crippen LogP contribution in [-0.4, -0.2) is 20.6 Å². The number of benzene rings is 2. The number of carbonyl (C=O) groups is 1. The first-order valence-electron chi connectivity index (χ1n) is 7.21.